The van der Waals surface area contributed by atoms with Crippen LogP contribution in [0.2, 0.25) is 0 Å². The van der Waals surface area contributed by atoms with E-state index in [0.717, 1.165) is 24.4 Å². The highest BCUT2D eigenvalue weighted by molar-refractivity contribution is 9.10. The monoisotopic (exact) mass is 456 g/mol. The fourth-order valence-electron chi connectivity index (χ4n) is 3.17. The molecule has 1 heterocycles. The Balaban J connectivity index is 1.50. The van der Waals surface area contributed by atoms with Gasteiger partial charge in [-0.25, -0.2) is 14.0 Å². The van der Waals surface area contributed by atoms with Crippen LogP contribution in [0.15, 0.2) is 57.8 Å². The van der Waals surface area contributed by atoms with Crippen molar-refractivity contribution in [2.75, 3.05) is 13.7 Å². The average molecular weight is 457 g/mol. The van der Waals surface area contributed by atoms with Crippen LogP contribution in [-0.2, 0) is 6.54 Å². The van der Waals surface area contributed by atoms with Gasteiger partial charge in [0.2, 0.25) is 0 Å². The van der Waals surface area contributed by atoms with E-state index in [0.29, 0.717) is 28.2 Å². The van der Waals surface area contributed by atoms with Gasteiger partial charge in [-0.2, -0.15) is 5.10 Å². The Morgan fingerprint density at radius 1 is 1.24 bits per heavy atom. The van der Waals surface area contributed by atoms with Crippen molar-refractivity contribution >= 4 is 21.8 Å². The van der Waals surface area contributed by atoms with Crippen molar-refractivity contribution in [3.63, 3.8) is 0 Å². The summed E-state index contributed by atoms with van der Waals surface area (Å²) in [6.07, 6.45) is 2.09. The quantitative estimate of drug-likeness (QED) is 0.592. The summed E-state index contributed by atoms with van der Waals surface area (Å²) in [5, 5.41) is 7.40. The van der Waals surface area contributed by atoms with E-state index in [2.05, 4.69) is 26.3 Å². The second-order valence-corrected chi connectivity index (χ2v) is 7.77. The predicted octanol–water partition coefficient (Wildman–Crippen LogP) is 3.11. The topological polar surface area (TPSA) is 78.2 Å². The SMILES string of the molecule is COc1ccc(Br)c(C(=O)NCCn2nc(C3CC3)n(-c3ccccc3)c2=O)c1. The zero-order valence-electron chi connectivity index (χ0n) is 16.0. The maximum Gasteiger partial charge on any atom is 0.350 e. The summed E-state index contributed by atoms with van der Waals surface area (Å²) in [5.41, 5.74) is 1.11. The fraction of sp³-hybridized carbons (Fsp3) is 0.286. The van der Waals surface area contributed by atoms with Crippen LogP contribution in [0.1, 0.15) is 34.9 Å². The van der Waals surface area contributed by atoms with Crippen LogP contribution < -0.4 is 15.7 Å². The zero-order chi connectivity index (χ0) is 20.4. The Morgan fingerprint density at radius 3 is 2.69 bits per heavy atom. The Labute approximate surface area is 176 Å². The summed E-state index contributed by atoms with van der Waals surface area (Å²) >= 11 is 3.38. The molecule has 1 N–H and O–H groups in total. The van der Waals surface area contributed by atoms with E-state index in [-0.39, 0.29) is 18.1 Å². The van der Waals surface area contributed by atoms with Crippen molar-refractivity contribution in [1.82, 2.24) is 19.7 Å². The van der Waals surface area contributed by atoms with Gasteiger partial charge in [0.15, 0.2) is 0 Å². The maximum atomic E-state index is 12.9. The lowest BCUT2D eigenvalue weighted by Gasteiger charge is -2.08. The maximum absolute atomic E-state index is 12.9. The van der Waals surface area contributed by atoms with Crippen molar-refractivity contribution in [2.24, 2.45) is 0 Å². The molecule has 29 heavy (non-hydrogen) atoms. The number of amides is 1. The molecule has 8 heteroatoms. The van der Waals surface area contributed by atoms with Crippen molar-refractivity contribution in [3.8, 4) is 11.4 Å². The number of rotatable bonds is 7. The summed E-state index contributed by atoms with van der Waals surface area (Å²) in [6, 6.07) is 14.7. The first-order valence-electron chi connectivity index (χ1n) is 9.45. The standard InChI is InChI=1S/C21H21BrN4O3/c1-29-16-9-10-18(22)17(13-16)20(27)23-11-12-25-21(28)26(15-5-3-2-4-6-15)19(24-25)14-7-8-14/h2-6,9-10,13-14H,7-8,11-12H2,1H3,(H,23,27). The van der Waals surface area contributed by atoms with Gasteiger partial charge < -0.3 is 10.1 Å². The number of carbonyl (C=O) groups is 1. The minimum absolute atomic E-state index is 0.185. The van der Waals surface area contributed by atoms with Gasteiger partial charge in [-0.1, -0.05) is 18.2 Å². The summed E-state index contributed by atoms with van der Waals surface area (Å²) in [4.78, 5) is 25.4. The number of hydrogen-bond donors (Lipinski definition) is 1. The molecule has 7 nitrogen and oxygen atoms in total. The molecular formula is C21H21BrN4O3. The first-order chi connectivity index (χ1) is 14.1. The molecule has 1 saturated carbocycles. The lowest BCUT2D eigenvalue weighted by Crippen LogP contribution is -2.32. The molecule has 0 bridgehead atoms. The third-order valence-electron chi connectivity index (χ3n) is 4.85. The van der Waals surface area contributed by atoms with Gasteiger partial charge in [0, 0.05) is 16.9 Å². The van der Waals surface area contributed by atoms with Crippen LogP contribution in [-0.4, -0.2) is 33.9 Å². The number of halogens is 1. The van der Waals surface area contributed by atoms with Crippen molar-refractivity contribution in [1.29, 1.82) is 0 Å². The van der Waals surface area contributed by atoms with Crippen LogP contribution in [0, 0.1) is 0 Å². The van der Waals surface area contributed by atoms with Crippen LogP contribution in [0.5, 0.6) is 5.75 Å². The number of carbonyl (C=O) groups excluding carboxylic acids is 1. The Hall–Kier alpha value is -2.87. The number of aromatic nitrogens is 3. The van der Waals surface area contributed by atoms with Crippen LogP contribution >= 0.6 is 15.9 Å². The van der Waals surface area contributed by atoms with Crippen LogP contribution in [0.4, 0.5) is 0 Å². The third-order valence-corrected chi connectivity index (χ3v) is 5.54. The van der Waals surface area contributed by atoms with Crippen LogP contribution in [0.25, 0.3) is 5.69 Å². The normalized spacial score (nSPS) is 13.3. The van der Waals surface area contributed by atoms with Gasteiger partial charge in [0.25, 0.3) is 5.91 Å². The van der Waals surface area contributed by atoms with Gasteiger partial charge in [0.05, 0.1) is 24.9 Å². The molecule has 0 atom stereocenters. The van der Waals surface area contributed by atoms with Gasteiger partial charge in [-0.3, -0.25) is 4.79 Å². The summed E-state index contributed by atoms with van der Waals surface area (Å²) in [5.74, 6) is 1.48. The first kappa shape index (κ1) is 19.4. The first-order valence-corrected chi connectivity index (χ1v) is 10.2. The second-order valence-electron chi connectivity index (χ2n) is 6.91. The molecule has 0 saturated heterocycles. The Morgan fingerprint density at radius 2 is 2.00 bits per heavy atom. The number of methoxy groups -OCH3 is 1. The van der Waals surface area contributed by atoms with Gasteiger partial charge >= 0.3 is 5.69 Å². The Bertz CT molecular complexity index is 1090. The third kappa shape index (κ3) is 4.12. The molecule has 4 rings (SSSR count). The average Bonchev–Trinajstić information content (AvgIpc) is 3.53. The summed E-state index contributed by atoms with van der Waals surface area (Å²) < 4.78 is 8.97. The summed E-state index contributed by atoms with van der Waals surface area (Å²) in [7, 11) is 1.55. The number of nitrogens with one attached hydrogen (secondary N) is 1. The number of nitrogens with zero attached hydrogens (tertiary/aromatic N) is 3. The molecule has 0 aliphatic heterocycles. The molecular weight excluding hydrogens is 436 g/mol. The highest BCUT2D eigenvalue weighted by Crippen LogP contribution is 2.39. The van der Waals surface area contributed by atoms with Crippen molar-refractivity contribution in [3.05, 3.63) is 74.9 Å². The predicted molar refractivity (Wildman–Crippen MR) is 113 cm³/mol. The van der Waals surface area contributed by atoms with E-state index in [4.69, 9.17) is 4.74 Å². The van der Waals surface area contributed by atoms with E-state index >= 15 is 0 Å². The molecule has 0 unspecified atom stereocenters. The minimum atomic E-state index is -0.242. The number of hydrogen-bond acceptors (Lipinski definition) is 4. The van der Waals surface area contributed by atoms with Crippen molar-refractivity contribution in [2.45, 2.75) is 25.3 Å². The zero-order valence-corrected chi connectivity index (χ0v) is 17.6. The van der Waals surface area contributed by atoms with Gasteiger partial charge in [0.1, 0.15) is 11.6 Å². The lowest BCUT2D eigenvalue weighted by atomic mass is 10.2. The van der Waals surface area contributed by atoms with Gasteiger partial charge in [-0.05, 0) is 59.1 Å². The highest BCUT2D eigenvalue weighted by Gasteiger charge is 2.31. The molecule has 0 radical (unpaired) electrons. The molecule has 1 aliphatic carbocycles. The molecule has 1 aromatic heterocycles. The smallest absolute Gasteiger partial charge is 0.350 e. The number of benzene rings is 2. The largest absolute Gasteiger partial charge is 0.497 e. The molecule has 1 fully saturated rings. The van der Waals surface area contributed by atoms with E-state index in [1.165, 1.54) is 4.68 Å². The van der Waals surface area contributed by atoms with Crippen molar-refractivity contribution < 1.29 is 9.53 Å². The fourth-order valence-corrected chi connectivity index (χ4v) is 3.60. The Kier molecular flexibility index (Phi) is 5.53. The summed E-state index contributed by atoms with van der Waals surface area (Å²) in [6.45, 7) is 0.587. The van der Waals surface area contributed by atoms with Gasteiger partial charge in [-0.15, -0.1) is 0 Å². The molecule has 0 spiro atoms. The number of ether oxygens (including phenoxy) is 1. The molecule has 150 valence electrons. The minimum Gasteiger partial charge on any atom is -0.497 e. The second kappa shape index (κ2) is 8.24. The van der Waals surface area contributed by atoms with E-state index < -0.39 is 0 Å². The highest BCUT2D eigenvalue weighted by atomic mass is 79.9. The lowest BCUT2D eigenvalue weighted by molar-refractivity contribution is 0.0950. The molecule has 2 aromatic carbocycles. The molecule has 1 amide bonds. The van der Waals surface area contributed by atoms with E-state index in [9.17, 15) is 9.59 Å². The van der Waals surface area contributed by atoms with E-state index in [1.807, 2.05) is 30.3 Å². The molecule has 1 aliphatic rings. The van der Waals surface area contributed by atoms with Crippen LogP contribution in [0.3, 0.4) is 0 Å². The molecule has 3 aromatic rings. The number of para-hydroxylation sites is 1. The van der Waals surface area contributed by atoms with E-state index in [1.54, 1.807) is 29.9 Å².